The minimum atomic E-state index is 0.648. The van der Waals surface area contributed by atoms with Crippen LogP contribution >= 0.6 is 22.4 Å². The average Bonchev–Trinajstić information content (AvgIpc) is 1.41. The first-order chi connectivity index (χ1) is 2.41. The molecule has 3 heteroatoms. The van der Waals surface area contributed by atoms with Crippen molar-refractivity contribution in [3.05, 3.63) is 0 Å². The van der Waals surface area contributed by atoms with Crippen LogP contribution in [-0.4, -0.2) is 20.3 Å². The van der Waals surface area contributed by atoms with E-state index in [-0.39, 0.29) is 0 Å². The predicted octanol–water partition coefficient (Wildman–Crippen LogP) is 0.979. The van der Waals surface area contributed by atoms with Gasteiger partial charge in [-0.2, -0.15) is 22.4 Å². The van der Waals surface area contributed by atoms with Gasteiger partial charge in [0.2, 0.25) is 0 Å². The van der Waals surface area contributed by atoms with Crippen LogP contribution in [0.1, 0.15) is 0 Å². The van der Waals surface area contributed by atoms with E-state index in [1.807, 2.05) is 22.4 Å². The van der Waals surface area contributed by atoms with Gasteiger partial charge >= 0.3 is 0 Å². The Morgan fingerprint density at radius 3 is 1.60 bits per heavy atom. The van der Waals surface area contributed by atoms with Crippen molar-refractivity contribution in [1.29, 1.82) is 0 Å². The smallest absolute Gasteiger partial charge is 0.171 e. The van der Waals surface area contributed by atoms with Gasteiger partial charge in [0.1, 0.15) is 0 Å². The largest absolute Gasteiger partial charge is 0.181 e. The van der Waals surface area contributed by atoms with E-state index in [4.69, 9.17) is 0 Å². The SMILES string of the molecule is CS[SiH]SC. The molecule has 0 aliphatic heterocycles. The highest BCUT2D eigenvalue weighted by Crippen LogP contribution is 1.96. The highest BCUT2D eigenvalue weighted by atomic mass is 32.6. The summed E-state index contributed by atoms with van der Waals surface area (Å²) in [4.78, 5) is 0. The maximum atomic E-state index is 2.14. The number of hydrogen-bond acceptors (Lipinski definition) is 2. The Balaban J connectivity index is 2.19. The van der Waals surface area contributed by atoms with Crippen molar-refractivity contribution < 1.29 is 0 Å². The van der Waals surface area contributed by atoms with Gasteiger partial charge < -0.3 is 0 Å². The Morgan fingerprint density at radius 2 is 1.60 bits per heavy atom. The van der Waals surface area contributed by atoms with Crippen LogP contribution in [0.3, 0.4) is 0 Å². The van der Waals surface area contributed by atoms with Crippen LogP contribution in [0, 0.1) is 0 Å². The Bertz CT molecular complexity index is 15.1. The summed E-state index contributed by atoms with van der Waals surface area (Å²) >= 11 is 3.90. The van der Waals surface area contributed by atoms with E-state index in [9.17, 15) is 0 Å². The van der Waals surface area contributed by atoms with Crippen molar-refractivity contribution in [1.82, 2.24) is 0 Å². The minimum absolute atomic E-state index is 0.648. The van der Waals surface area contributed by atoms with Gasteiger partial charge in [0, 0.05) is 0 Å². The van der Waals surface area contributed by atoms with E-state index in [1.54, 1.807) is 0 Å². The van der Waals surface area contributed by atoms with Crippen LogP contribution in [-0.2, 0) is 0 Å². The summed E-state index contributed by atoms with van der Waals surface area (Å²) in [5.74, 6) is 0. The molecule has 0 bridgehead atoms. The molecular weight excluding hydrogens is 116 g/mol. The van der Waals surface area contributed by atoms with Crippen molar-refractivity contribution in [2.24, 2.45) is 0 Å². The zero-order chi connectivity index (χ0) is 4.12. The van der Waals surface area contributed by atoms with Crippen molar-refractivity contribution >= 4 is 30.2 Å². The highest BCUT2D eigenvalue weighted by Gasteiger charge is 1.71. The molecule has 0 N–H and O–H groups in total. The fourth-order valence-electron chi connectivity index (χ4n) is 0.0962. The molecule has 0 aromatic carbocycles. The van der Waals surface area contributed by atoms with Gasteiger partial charge in [0.05, 0.1) is 0 Å². The Kier molecular flexibility index (Phi) is 5.82. The van der Waals surface area contributed by atoms with Crippen LogP contribution in [0.4, 0.5) is 0 Å². The summed E-state index contributed by atoms with van der Waals surface area (Å²) in [7, 11) is 0.648. The summed E-state index contributed by atoms with van der Waals surface area (Å²) < 4.78 is 0. The Labute approximate surface area is 43.2 Å². The van der Waals surface area contributed by atoms with Crippen molar-refractivity contribution in [3.8, 4) is 0 Å². The molecule has 0 spiro atoms. The standard InChI is InChI=1S/C2H7S2Si/c1-3-5-4-2/h5H,1-2H3. The topological polar surface area (TPSA) is 0 Å². The van der Waals surface area contributed by atoms with Gasteiger partial charge in [-0.1, -0.05) is 0 Å². The molecule has 0 unspecified atom stereocenters. The molecule has 0 amide bonds. The van der Waals surface area contributed by atoms with Crippen molar-refractivity contribution in [3.63, 3.8) is 0 Å². The lowest BCUT2D eigenvalue weighted by Gasteiger charge is -1.78. The molecule has 0 fully saturated rings. The van der Waals surface area contributed by atoms with E-state index >= 15 is 0 Å². The Morgan fingerprint density at radius 1 is 1.20 bits per heavy atom. The van der Waals surface area contributed by atoms with Crippen molar-refractivity contribution in [2.45, 2.75) is 0 Å². The highest BCUT2D eigenvalue weighted by molar-refractivity contribution is 8.50. The van der Waals surface area contributed by atoms with E-state index in [0.717, 1.165) is 0 Å². The lowest BCUT2D eigenvalue weighted by Crippen LogP contribution is -1.64. The minimum Gasteiger partial charge on any atom is -0.181 e. The summed E-state index contributed by atoms with van der Waals surface area (Å²) in [5.41, 5.74) is 0. The maximum absolute atomic E-state index is 2.14. The zero-order valence-corrected chi connectivity index (χ0v) is 6.18. The first kappa shape index (κ1) is 5.92. The molecule has 0 aromatic rings. The number of hydrogen-bond donors (Lipinski definition) is 0. The zero-order valence-electron chi connectivity index (χ0n) is 3.39. The maximum Gasteiger partial charge on any atom is 0.171 e. The summed E-state index contributed by atoms with van der Waals surface area (Å²) in [6.45, 7) is 0. The van der Waals surface area contributed by atoms with Gasteiger partial charge in [-0.25, -0.2) is 0 Å². The van der Waals surface area contributed by atoms with Gasteiger partial charge in [0.25, 0.3) is 0 Å². The normalized spacial score (nSPS) is 8.40. The molecule has 0 saturated heterocycles. The molecule has 0 rings (SSSR count). The lowest BCUT2D eigenvalue weighted by atomic mass is 12.0. The van der Waals surface area contributed by atoms with Gasteiger partial charge in [-0.05, 0) is 12.5 Å². The molecule has 0 nitrogen and oxygen atoms in total. The molecule has 0 atom stereocenters. The van der Waals surface area contributed by atoms with Gasteiger partial charge in [-0.3, -0.25) is 0 Å². The van der Waals surface area contributed by atoms with Crippen molar-refractivity contribution in [2.75, 3.05) is 12.5 Å². The predicted molar refractivity (Wildman–Crippen MR) is 34.2 cm³/mol. The third kappa shape index (κ3) is 4.92. The van der Waals surface area contributed by atoms with Crippen LogP contribution in [0.5, 0.6) is 0 Å². The number of rotatable bonds is 2. The molecule has 5 heavy (non-hydrogen) atoms. The van der Waals surface area contributed by atoms with Crippen LogP contribution < -0.4 is 0 Å². The van der Waals surface area contributed by atoms with Crippen LogP contribution in [0.15, 0.2) is 0 Å². The van der Waals surface area contributed by atoms with E-state index < -0.39 is 0 Å². The molecule has 0 aliphatic carbocycles. The van der Waals surface area contributed by atoms with Crippen LogP contribution in [0.2, 0.25) is 0 Å². The third-order valence-corrected chi connectivity index (χ3v) is 5.20. The molecule has 31 valence electrons. The third-order valence-electron chi connectivity index (χ3n) is 0.192. The summed E-state index contributed by atoms with van der Waals surface area (Å²) in [5, 5.41) is 0. The second-order valence-electron chi connectivity index (χ2n) is 0.568. The fourth-order valence-corrected chi connectivity index (χ4v) is 2.60. The van der Waals surface area contributed by atoms with E-state index in [0.29, 0.717) is 7.82 Å². The molecule has 0 saturated carbocycles. The van der Waals surface area contributed by atoms with Gasteiger partial charge in [0.15, 0.2) is 7.82 Å². The monoisotopic (exact) mass is 123 g/mol. The second kappa shape index (κ2) is 4.92. The summed E-state index contributed by atoms with van der Waals surface area (Å²) in [6, 6.07) is 0. The molecule has 0 heterocycles. The average molecular weight is 123 g/mol. The Hall–Kier alpha value is 0.917. The quantitative estimate of drug-likeness (QED) is 0.502. The fraction of sp³-hybridized carbons (Fsp3) is 1.00. The summed E-state index contributed by atoms with van der Waals surface area (Å²) in [6.07, 6.45) is 4.29. The van der Waals surface area contributed by atoms with Gasteiger partial charge in [-0.15, -0.1) is 0 Å². The van der Waals surface area contributed by atoms with E-state index in [1.165, 1.54) is 0 Å². The lowest BCUT2D eigenvalue weighted by molar-refractivity contribution is 2.53. The first-order valence-electron chi connectivity index (χ1n) is 1.29. The molecular formula is C2H7S2Si. The molecule has 1 radical (unpaired) electrons. The van der Waals surface area contributed by atoms with Crippen LogP contribution in [0.25, 0.3) is 0 Å². The second-order valence-corrected chi connectivity index (χ2v) is 6.84. The first-order valence-corrected chi connectivity index (χ1v) is 6.69. The van der Waals surface area contributed by atoms with E-state index in [2.05, 4.69) is 12.5 Å². The molecule has 0 aromatic heterocycles. The molecule has 0 aliphatic rings.